The Balaban J connectivity index is 2.14. The van der Waals surface area contributed by atoms with Crippen LogP contribution < -0.4 is 0 Å². The van der Waals surface area contributed by atoms with Crippen LogP contribution in [0.4, 0.5) is 0 Å². The highest BCUT2D eigenvalue weighted by Gasteiger charge is 2.13. The first-order valence-corrected chi connectivity index (χ1v) is 4.46. The van der Waals surface area contributed by atoms with Gasteiger partial charge >= 0.3 is 0 Å². The molecule has 1 rings (SSSR count). The highest BCUT2D eigenvalue weighted by atomic mass is 33.1. The van der Waals surface area contributed by atoms with Crippen LogP contribution in [0.15, 0.2) is 0 Å². The minimum absolute atomic E-state index is 1.31. The minimum atomic E-state index is 1.31. The van der Waals surface area contributed by atoms with Crippen molar-refractivity contribution in [3.63, 3.8) is 0 Å². The highest BCUT2D eigenvalue weighted by molar-refractivity contribution is 8.69. The van der Waals surface area contributed by atoms with Crippen molar-refractivity contribution >= 4 is 22.5 Å². The zero-order valence-corrected chi connectivity index (χ0v) is 5.89. The molecule has 1 saturated carbocycles. The van der Waals surface area contributed by atoms with Crippen LogP contribution in [0.25, 0.3) is 0 Å². The van der Waals surface area contributed by atoms with Crippen molar-refractivity contribution in [3.8, 4) is 0 Å². The molecule has 0 aromatic carbocycles. The number of rotatable bonds is 1. The molecular formula is C5H9S2. The summed E-state index contributed by atoms with van der Waals surface area (Å²) in [5.41, 5.74) is 0. The number of hydrogen-bond donors (Lipinski definition) is 1. The lowest BCUT2D eigenvalue weighted by atomic mass is 10.4. The summed E-state index contributed by atoms with van der Waals surface area (Å²) in [6, 6.07) is 0. The first kappa shape index (κ1) is 5.83. The van der Waals surface area contributed by atoms with Gasteiger partial charge in [0.2, 0.25) is 0 Å². The summed E-state index contributed by atoms with van der Waals surface area (Å²) in [5, 5.41) is 1.57. The van der Waals surface area contributed by atoms with Gasteiger partial charge in [-0.05, 0) is 12.8 Å². The molecule has 0 bridgehead atoms. The van der Waals surface area contributed by atoms with Gasteiger partial charge in [0.1, 0.15) is 0 Å². The molecule has 1 fully saturated rings. The maximum atomic E-state index is 4.10. The summed E-state index contributed by atoms with van der Waals surface area (Å²) < 4.78 is 0. The van der Waals surface area contributed by atoms with Crippen molar-refractivity contribution < 1.29 is 0 Å². The molecule has 0 atom stereocenters. The van der Waals surface area contributed by atoms with Gasteiger partial charge in [0.15, 0.2) is 0 Å². The minimum Gasteiger partial charge on any atom is -0.111 e. The molecule has 0 unspecified atom stereocenters. The summed E-state index contributed by atoms with van der Waals surface area (Å²) in [6.07, 6.45) is 5.41. The zero-order valence-electron chi connectivity index (χ0n) is 4.18. The van der Waals surface area contributed by atoms with E-state index in [0.29, 0.717) is 0 Å². The van der Waals surface area contributed by atoms with E-state index in [2.05, 4.69) is 11.7 Å². The zero-order chi connectivity index (χ0) is 5.11. The van der Waals surface area contributed by atoms with Crippen LogP contribution in [0.1, 0.15) is 25.7 Å². The van der Waals surface area contributed by atoms with Crippen LogP contribution >= 0.6 is 22.5 Å². The molecular weight excluding hydrogens is 124 g/mol. The molecule has 0 heterocycles. The van der Waals surface area contributed by atoms with Gasteiger partial charge < -0.3 is 0 Å². The lowest BCUT2D eigenvalue weighted by molar-refractivity contribution is 0.886. The Morgan fingerprint density at radius 3 is 2.14 bits per heavy atom. The van der Waals surface area contributed by atoms with E-state index in [9.17, 15) is 0 Å². The molecule has 0 aliphatic heterocycles. The lowest BCUT2D eigenvalue weighted by Crippen LogP contribution is -1.73. The maximum absolute atomic E-state index is 4.10. The molecule has 0 saturated heterocycles. The van der Waals surface area contributed by atoms with Crippen LogP contribution in [0, 0.1) is 5.25 Å². The molecule has 0 N–H and O–H groups in total. The monoisotopic (exact) mass is 133 g/mol. The average Bonchev–Trinajstić information content (AvgIpc) is 2.14. The Kier molecular flexibility index (Phi) is 2.40. The summed E-state index contributed by atoms with van der Waals surface area (Å²) >= 11 is 4.10. The smallest absolute Gasteiger partial charge is 0.0416 e. The summed E-state index contributed by atoms with van der Waals surface area (Å²) in [4.78, 5) is 0. The third kappa shape index (κ3) is 1.57. The van der Waals surface area contributed by atoms with E-state index in [1.54, 1.807) is 16.0 Å². The van der Waals surface area contributed by atoms with Gasteiger partial charge in [-0.15, -0.1) is 11.7 Å². The Morgan fingerprint density at radius 2 is 1.86 bits per heavy atom. The number of hydrogen-bond acceptors (Lipinski definition) is 2. The predicted molar refractivity (Wildman–Crippen MR) is 38.3 cm³/mol. The normalized spacial score (nSPS) is 23.6. The predicted octanol–water partition coefficient (Wildman–Crippen LogP) is 2.67. The van der Waals surface area contributed by atoms with Crippen LogP contribution in [0.5, 0.6) is 0 Å². The third-order valence-corrected chi connectivity index (χ3v) is 2.73. The van der Waals surface area contributed by atoms with Crippen molar-refractivity contribution in [3.05, 3.63) is 5.25 Å². The van der Waals surface area contributed by atoms with Gasteiger partial charge in [-0.2, -0.15) is 0 Å². The molecule has 2 heteroatoms. The summed E-state index contributed by atoms with van der Waals surface area (Å²) in [5.74, 6) is 0. The van der Waals surface area contributed by atoms with E-state index in [4.69, 9.17) is 0 Å². The standard InChI is InChI=1S/C5H9S2/c6-7-5-3-1-2-4-5/h6H,1-4H2. The number of thiol groups is 1. The van der Waals surface area contributed by atoms with Crippen molar-refractivity contribution in [2.75, 3.05) is 0 Å². The van der Waals surface area contributed by atoms with Gasteiger partial charge in [0.25, 0.3) is 0 Å². The highest BCUT2D eigenvalue weighted by Crippen LogP contribution is 2.38. The Morgan fingerprint density at radius 1 is 1.29 bits per heavy atom. The molecule has 0 aromatic rings. The van der Waals surface area contributed by atoms with Crippen LogP contribution in [-0.2, 0) is 0 Å². The Labute approximate surface area is 53.9 Å². The Bertz CT molecular complexity index is 48.0. The fourth-order valence-corrected chi connectivity index (χ4v) is 1.88. The van der Waals surface area contributed by atoms with E-state index in [-0.39, 0.29) is 0 Å². The molecule has 0 nitrogen and oxygen atoms in total. The van der Waals surface area contributed by atoms with Gasteiger partial charge in [-0.3, -0.25) is 0 Å². The van der Waals surface area contributed by atoms with E-state index < -0.39 is 0 Å². The van der Waals surface area contributed by atoms with E-state index in [1.165, 1.54) is 25.7 Å². The van der Waals surface area contributed by atoms with Gasteiger partial charge in [-0.25, -0.2) is 0 Å². The summed E-state index contributed by atoms with van der Waals surface area (Å²) in [6.45, 7) is 0. The molecule has 0 amide bonds. The van der Waals surface area contributed by atoms with Crippen LogP contribution in [0.2, 0.25) is 0 Å². The second kappa shape index (κ2) is 2.88. The Hall–Kier alpha value is 0.700. The molecule has 0 spiro atoms. The summed E-state index contributed by atoms with van der Waals surface area (Å²) in [7, 11) is 1.64. The average molecular weight is 133 g/mol. The van der Waals surface area contributed by atoms with Gasteiger partial charge in [-0.1, -0.05) is 23.6 Å². The second-order valence-corrected chi connectivity index (χ2v) is 3.14. The fraction of sp³-hybridized carbons (Fsp3) is 0.800. The first-order valence-electron chi connectivity index (χ1n) is 2.59. The van der Waals surface area contributed by atoms with Crippen molar-refractivity contribution in [2.24, 2.45) is 0 Å². The molecule has 0 aromatic heterocycles. The van der Waals surface area contributed by atoms with E-state index in [0.717, 1.165) is 0 Å². The van der Waals surface area contributed by atoms with Crippen molar-refractivity contribution in [1.82, 2.24) is 0 Å². The van der Waals surface area contributed by atoms with E-state index >= 15 is 0 Å². The SMILES string of the molecule is SS[C]1CCCC1. The molecule has 1 radical (unpaired) electrons. The topological polar surface area (TPSA) is 0 Å². The lowest BCUT2D eigenvalue weighted by Gasteiger charge is -1.97. The maximum Gasteiger partial charge on any atom is 0.0416 e. The first-order chi connectivity index (χ1) is 3.43. The van der Waals surface area contributed by atoms with Gasteiger partial charge in [0.05, 0.1) is 0 Å². The second-order valence-electron chi connectivity index (χ2n) is 1.84. The van der Waals surface area contributed by atoms with Crippen LogP contribution in [0.3, 0.4) is 0 Å². The largest absolute Gasteiger partial charge is 0.111 e. The van der Waals surface area contributed by atoms with Gasteiger partial charge in [0, 0.05) is 5.25 Å². The van der Waals surface area contributed by atoms with Crippen LogP contribution in [-0.4, -0.2) is 0 Å². The van der Waals surface area contributed by atoms with E-state index in [1.807, 2.05) is 0 Å². The quantitative estimate of drug-likeness (QED) is 0.424. The van der Waals surface area contributed by atoms with Crippen molar-refractivity contribution in [1.29, 1.82) is 0 Å². The third-order valence-electron chi connectivity index (χ3n) is 1.29. The van der Waals surface area contributed by atoms with Crippen molar-refractivity contribution in [2.45, 2.75) is 25.7 Å². The molecule has 1 aliphatic rings. The fourth-order valence-electron chi connectivity index (χ4n) is 0.861. The molecule has 7 heavy (non-hydrogen) atoms. The molecule has 41 valence electrons. The molecule has 1 aliphatic carbocycles.